The predicted octanol–water partition coefficient (Wildman–Crippen LogP) is 2.25. The minimum Gasteiger partial charge on any atom is -0.485 e. The van der Waals surface area contributed by atoms with E-state index in [9.17, 15) is 9.50 Å². The molecule has 2 aromatic rings. The average Bonchev–Trinajstić information content (AvgIpc) is 2.37. The molecule has 1 N–H and O–H groups in total. The summed E-state index contributed by atoms with van der Waals surface area (Å²) in [4.78, 5) is 8.00. The molecular formula is C13H13FN2O2. The highest BCUT2D eigenvalue weighted by atomic mass is 19.1. The molecule has 1 aromatic carbocycles. The summed E-state index contributed by atoms with van der Waals surface area (Å²) in [5, 5.41) is 9.56. The molecule has 1 aromatic heterocycles. The highest BCUT2D eigenvalue weighted by Crippen LogP contribution is 2.26. The van der Waals surface area contributed by atoms with E-state index < -0.39 is 11.9 Å². The summed E-state index contributed by atoms with van der Waals surface area (Å²) in [5.41, 5.74) is 0.535. The minimum atomic E-state index is -0.725. The zero-order valence-electron chi connectivity index (χ0n) is 9.88. The summed E-state index contributed by atoms with van der Waals surface area (Å²) >= 11 is 0. The molecule has 0 unspecified atom stereocenters. The van der Waals surface area contributed by atoms with Crippen LogP contribution in [-0.4, -0.2) is 15.1 Å². The first-order valence-corrected chi connectivity index (χ1v) is 5.53. The van der Waals surface area contributed by atoms with Gasteiger partial charge in [0.2, 0.25) is 0 Å². The summed E-state index contributed by atoms with van der Waals surface area (Å²) in [6.45, 7) is 1.73. The Balaban J connectivity index is 2.15. The van der Waals surface area contributed by atoms with Gasteiger partial charge in [-0.2, -0.15) is 0 Å². The predicted molar refractivity (Wildman–Crippen MR) is 63.4 cm³/mol. The number of aliphatic hydroxyl groups excluding tert-OH is 1. The second-order valence-corrected chi connectivity index (χ2v) is 3.81. The monoisotopic (exact) mass is 248 g/mol. The first-order chi connectivity index (χ1) is 8.66. The Kier molecular flexibility index (Phi) is 3.84. The Bertz CT molecular complexity index is 518. The van der Waals surface area contributed by atoms with Crippen LogP contribution in [0.2, 0.25) is 0 Å². The summed E-state index contributed by atoms with van der Waals surface area (Å²) in [6, 6.07) is 5.73. The zero-order chi connectivity index (χ0) is 13.0. The first-order valence-electron chi connectivity index (χ1n) is 5.53. The molecular weight excluding hydrogens is 235 g/mol. The van der Waals surface area contributed by atoms with Crippen molar-refractivity contribution in [2.24, 2.45) is 0 Å². The van der Waals surface area contributed by atoms with Gasteiger partial charge < -0.3 is 9.84 Å². The molecule has 2 rings (SSSR count). The summed E-state index contributed by atoms with van der Waals surface area (Å²) < 4.78 is 18.6. The largest absolute Gasteiger partial charge is 0.485 e. The number of benzene rings is 1. The van der Waals surface area contributed by atoms with Crippen LogP contribution in [0.1, 0.15) is 24.4 Å². The minimum absolute atomic E-state index is 0.129. The number of hydrogen-bond acceptors (Lipinski definition) is 4. The van der Waals surface area contributed by atoms with Gasteiger partial charge in [0.1, 0.15) is 18.2 Å². The van der Waals surface area contributed by atoms with Gasteiger partial charge in [0.25, 0.3) is 0 Å². The van der Waals surface area contributed by atoms with E-state index in [1.165, 1.54) is 18.2 Å². The van der Waals surface area contributed by atoms with E-state index in [0.717, 1.165) is 0 Å². The fraction of sp³-hybridized carbons (Fsp3) is 0.231. The Morgan fingerprint density at radius 3 is 2.72 bits per heavy atom. The standard InChI is InChI=1S/C13H13FN2O2/c1-9(17)11-4-3-10(14)7-12(11)18-8-13-15-5-2-6-16-13/h2-7,9,17H,8H2,1H3/t9-/m1/s1. The van der Waals surface area contributed by atoms with Crippen molar-refractivity contribution in [2.45, 2.75) is 19.6 Å². The van der Waals surface area contributed by atoms with Crippen molar-refractivity contribution in [1.29, 1.82) is 0 Å². The molecule has 0 aliphatic rings. The molecule has 0 aliphatic carbocycles. The van der Waals surface area contributed by atoms with E-state index in [1.54, 1.807) is 25.4 Å². The number of ether oxygens (including phenoxy) is 1. The molecule has 0 bridgehead atoms. The lowest BCUT2D eigenvalue weighted by Gasteiger charge is -2.12. The van der Waals surface area contributed by atoms with Crippen molar-refractivity contribution in [2.75, 3.05) is 0 Å². The Morgan fingerprint density at radius 1 is 1.33 bits per heavy atom. The van der Waals surface area contributed by atoms with Crippen molar-refractivity contribution in [3.63, 3.8) is 0 Å². The molecule has 5 heteroatoms. The molecule has 0 spiro atoms. The molecule has 0 radical (unpaired) electrons. The van der Waals surface area contributed by atoms with Crippen LogP contribution in [0.25, 0.3) is 0 Å². The second kappa shape index (κ2) is 5.55. The summed E-state index contributed by atoms with van der Waals surface area (Å²) in [6.07, 6.45) is 2.48. The molecule has 0 aliphatic heterocycles. The van der Waals surface area contributed by atoms with Crippen LogP contribution in [0.4, 0.5) is 4.39 Å². The molecule has 94 valence electrons. The highest BCUT2D eigenvalue weighted by Gasteiger charge is 2.10. The van der Waals surface area contributed by atoms with Gasteiger partial charge in [0.05, 0.1) is 6.10 Å². The summed E-state index contributed by atoms with van der Waals surface area (Å²) in [7, 11) is 0. The Labute approximate surface area is 104 Å². The Hall–Kier alpha value is -2.01. The maximum absolute atomic E-state index is 13.1. The number of nitrogens with zero attached hydrogens (tertiary/aromatic N) is 2. The van der Waals surface area contributed by atoms with Crippen molar-refractivity contribution in [3.05, 3.63) is 53.9 Å². The second-order valence-electron chi connectivity index (χ2n) is 3.81. The quantitative estimate of drug-likeness (QED) is 0.901. The number of rotatable bonds is 4. The van der Waals surface area contributed by atoms with E-state index >= 15 is 0 Å². The van der Waals surface area contributed by atoms with Crippen molar-refractivity contribution >= 4 is 0 Å². The van der Waals surface area contributed by atoms with Crippen LogP contribution >= 0.6 is 0 Å². The van der Waals surface area contributed by atoms with Gasteiger partial charge in [-0.05, 0) is 25.1 Å². The van der Waals surface area contributed by atoms with Gasteiger partial charge in [0, 0.05) is 24.0 Å². The maximum Gasteiger partial charge on any atom is 0.166 e. The molecule has 1 atom stereocenters. The third-order valence-electron chi connectivity index (χ3n) is 2.40. The smallest absolute Gasteiger partial charge is 0.166 e. The SMILES string of the molecule is C[C@@H](O)c1ccc(F)cc1OCc1ncccn1. The van der Waals surface area contributed by atoms with E-state index in [1.807, 2.05) is 0 Å². The molecule has 0 saturated heterocycles. The van der Waals surface area contributed by atoms with E-state index in [-0.39, 0.29) is 6.61 Å². The van der Waals surface area contributed by atoms with Crippen LogP contribution < -0.4 is 4.74 Å². The van der Waals surface area contributed by atoms with E-state index in [2.05, 4.69) is 9.97 Å². The van der Waals surface area contributed by atoms with Crippen LogP contribution in [-0.2, 0) is 6.61 Å². The number of halogens is 1. The third-order valence-corrected chi connectivity index (χ3v) is 2.40. The van der Waals surface area contributed by atoms with Gasteiger partial charge >= 0.3 is 0 Å². The van der Waals surface area contributed by atoms with E-state index in [4.69, 9.17) is 4.74 Å². The third kappa shape index (κ3) is 3.01. The fourth-order valence-corrected chi connectivity index (χ4v) is 1.53. The van der Waals surface area contributed by atoms with Gasteiger partial charge in [-0.25, -0.2) is 14.4 Å². The van der Waals surface area contributed by atoms with E-state index in [0.29, 0.717) is 17.1 Å². The topological polar surface area (TPSA) is 55.2 Å². The van der Waals surface area contributed by atoms with Crippen LogP contribution in [0, 0.1) is 5.82 Å². The van der Waals surface area contributed by atoms with Crippen LogP contribution in [0.5, 0.6) is 5.75 Å². The number of aromatic nitrogens is 2. The number of hydrogen-bond donors (Lipinski definition) is 1. The zero-order valence-corrected chi connectivity index (χ0v) is 9.88. The molecule has 0 amide bonds. The molecule has 0 saturated carbocycles. The molecule has 4 nitrogen and oxygen atoms in total. The Morgan fingerprint density at radius 2 is 2.06 bits per heavy atom. The van der Waals surface area contributed by atoms with Crippen LogP contribution in [0.15, 0.2) is 36.7 Å². The normalized spacial score (nSPS) is 12.2. The number of aliphatic hydroxyl groups is 1. The lowest BCUT2D eigenvalue weighted by atomic mass is 10.1. The van der Waals surface area contributed by atoms with Gasteiger partial charge in [-0.3, -0.25) is 0 Å². The summed E-state index contributed by atoms with van der Waals surface area (Å²) in [5.74, 6) is 0.388. The fourth-order valence-electron chi connectivity index (χ4n) is 1.53. The van der Waals surface area contributed by atoms with Gasteiger partial charge in [0.15, 0.2) is 5.82 Å². The lowest BCUT2D eigenvalue weighted by molar-refractivity contribution is 0.189. The van der Waals surface area contributed by atoms with Gasteiger partial charge in [-0.1, -0.05) is 0 Å². The molecule has 18 heavy (non-hydrogen) atoms. The highest BCUT2D eigenvalue weighted by molar-refractivity contribution is 5.35. The van der Waals surface area contributed by atoms with Crippen molar-refractivity contribution in [1.82, 2.24) is 9.97 Å². The molecule has 0 fully saturated rings. The van der Waals surface area contributed by atoms with Crippen molar-refractivity contribution < 1.29 is 14.2 Å². The van der Waals surface area contributed by atoms with Crippen LogP contribution in [0.3, 0.4) is 0 Å². The van der Waals surface area contributed by atoms with Crippen molar-refractivity contribution in [3.8, 4) is 5.75 Å². The lowest BCUT2D eigenvalue weighted by Crippen LogP contribution is -2.04. The average molecular weight is 248 g/mol. The first kappa shape index (κ1) is 12.4. The molecule has 1 heterocycles. The maximum atomic E-state index is 13.1. The van der Waals surface area contributed by atoms with Gasteiger partial charge in [-0.15, -0.1) is 0 Å².